The molecule has 1 atom stereocenters. The Bertz CT molecular complexity index is 1900. The molecule has 0 unspecified atom stereocenters. The highest BCUT2D eigenvalue weighted by Crippen LogP contribution is 2.28. The number of halogens is 2. The van der Waals surface area contributed by atoms with Gasteiger partial charge in [0.15, 0.2) is 5.76 Å². The van der Waals surface area contributed by atoms with Crippen LogP contribution in [0.4, 0.5) is 14.5 Å². The monoisotopic (exact) mass is 588 g/mol. The van der Waals surface area contributed by atoms with Crippen molar-refractivity contribution in [3.63, 3.8) is 0 Å². The van der Waals surface area contributed by atoms with Crippen molar-refractivity contribution in [2.75, 3.05) is 0 Å². The number of amidine groups is 1. The third-order valence-electron chi connectivity index (χ3n) is 6.97. The molecule has 218 valence electrons. The first-order valence-corrected chi connectivity index (χ1v) is 13.7. The molecule has 3 N–H and O–H groups in total. The van der Waals surface area contributed by atoms with Crippen molar-refractivity contribution in [2.45, 2.75) is 12.6 Å². The van der Waals surface area contributed by atoms with Crippen LogP contribution in [0, 0.1) is 11.6 Å². The molecule has 3 aromatic heterocycles. The number of imidazole rings is 1. The Hall–Kier alpha value is -5.90. The van der Waals surface area contributed by atoms with Crippen LogP contribution in [0.25, 0.3) is 22.5 Å². The lowest BCUT2D eigenvalue weighted by atomic mass is 9.99. The highest BCUT2D eigenvalue weighted by Gasteiger charge is 2.22. The van der Waals surface area contributed by atoms with Crippen molar-refractivity contribution in [3.8, 4) is 22.5 Å². The molecule has 0 aliphatic carbocycles. The zero-order chi connectivity index (χ0) is 30.5. The SMILES string of the molecule is NC(=Nc1ccc(-c2ccc(C(=O)N[C@@H](Cn3ccnc3)c3ccc(-c4ccc(F)cc4)cc3F)o2)cc1)c1ccccn1. The normalized spacial score (nSPS) is 12.2. The minimum Gasteiger partial charge on any atom is -0.451 e. The highest BCUT2D eigenvalue weighted by atomic mass is 19.1. The molecule has 0 aliphatic heterocycles. The first-order valence-electron chi connectivity index (χ1n) is 13.7. The first kappa shape index (κ1) is 28.2. The lowest BCUT2D eigenvalue weighted by molar-refractivity contribution is 0.0904. The fourth-order valence-corrected chi connectivity index (χ4v) is 4.71. The number of aliphatic imine (C=N–C) groups is 1. The van der Waals surface area contributed by atoms with E-state index in [0.29, 0.717) is 34.1 Å². The van der Waals surface area contributed by atoms with Crippen molar-refractivity contribution in [2.24, 2.45) is 10.7 Å². The molecule has 6 aromatic rings. The molecule has 10 heteroatoms. The zero-order valence-electron chi connectivity index (χ0n) is 23.3. The lowest BCUT2D eigenvalue weighted by Gasteiger charge is -2.20. The summed E-state index contributed by atoms with van der Waals surface area (Å²) in [7, 11) is 0. The number of carbonyl (C=O) groups is 1. The minimum atomic E-state index is -0.741. The number of rotatable bonds is 9. The van der Waals surface area contributed by atoms with Gasteiger partial charge >= 0.3 is 0 Å². The summed E-state index contributed by atoms with van der Waals surface area (Å²) in [5, 5.41) is 2.90. The Morgan fingerprint density at radius 2 is 1.68 bits per heavy atom. The number of amides is 1. The summed E-state index contributed by atoms with van der Waals surface area (Å²) < 4.78 is 36.5. The molecule has 6 rings (SSSR count). The molecule has 0 saturated heterocycles. The number of hydrogen-bond donors (Lipinski definition) is 2. The van der Waals surface area contributed by atoms with E-state index < -0.39 is 17.8 Å². The predicted octanol–water partition coefficient (Wildman–Crippen LogP) is 6.69. The van der Waals surface area contributed by atoms with Crippen LogP contribution in [0.5, 0.6) is 0 Å². The maximum absolute atomic E-state index is 15.5. The minimum absolute atomic E-state index is 0.0699. The topological polar surface area (TPSA) is 111 Å². The van der Waals surface area contributed by atoms with E-state index in [4.69, 9.17) is 10.2 Å². The van der Waals surface area contributed by atoms with Gasteiger partial charge < -0.3 is 20.0 Å². The molecular formula is C34H26F2N6O2. The molecule has 0 saturated carbocycles. The number of hydrogen-bond acceptors (Lipinski definition) is 5. The summed E-state index contributed by atoms with van der Waals surface area (Å²) in [5.41, 5.74) is 9.56. The summed E-state index contributed by atoms with van der Waals surface area (Å²) >= 11 is 0. The van der Waals surface area contributed by atoms with Gasteiger partial charge in [-0.25, -0.2) is 18.8 Å². The van der Waals surface area contributed by atoms with E-state index >= 15 is 4.39 Å². The van der Waals surface area contributed by atoms with Gasteiger partial charge in [-0.2, -0.15) is 0 Å². The van der Waals surface area contributed by atoms with Gasteiger partial charge in [0.2, 0.25) is 0 Å². The average molecular weight is 589 g/mol. The summed E-state index contributed by atoms with van der Waals surface area (Å²) in [5.74, 6) is -0.550. The molecule has 0 bridgehead atoms. The quantitative estimate of drug-likeness (QED) is 0.144. The number of nitrogens with zero attached hydrogens (tertiary/aromatic N) is 4. The Morgan fingerprint density at radius 3 is 2.39 bits per heavy atom. The van der Waals surface area contributed by atoms with Gasteiger partial charge in [-0.15, -0.1) is 0 Å². The summed E-state index contributed by atoms with van der Waals surface area (Å²) in [6.07, 6.45) is 6.57. The molecule has 0 fully saturated rings. The third kappa shape index (κ3) is 6.44. The Balaban J connectivity index is 1.20. The third-order valence-corrected chi connectivity index (χ3v) is 6.97. The van der Waals surface area contributed by atoms with Crippen molar-refractivity contribution < 1.29 is 18.0 Å². The van der Waals surface area contributed by atoms with E-state index in [1.54, 1.807) is 90.1 Å². The van der Waals surface area contributed by atoms with Crippen LogP contribution >= 0.6 is 0 Å². The average Bonchev–Trinajstić information content (AvgIpc) is 3.75. The van der Waals surface area contributed by atoms with Crippen LogP contribution in [-0.4, -0.2) is 26.3 Å². The van der Waals surface area contributed by atoms with Gasteiger partial charge in [0.1, 0.15) is 28.9 Å². The molecule has 3 heterocycles. The van der Waals surface area contributed by atoms with Crippen LogP contribution in [0.1, 0.15) is 27.9 Å². The number of benzene rings is 3. The fraction of sp³-hybridized carbons (Fsp3) is 0.0588. The zero-order valence-corrected chi connectivity index (χ0v) is 23.3. The maximum atomic E-state index is 15.5. The van der Waals surface area contributed by atoms with E-state index in [-0.39, 0.29) is 23.7 Å². The molecule has 1 amide bonds. The number of carbonyl (C=O) groups excluding carboxylic acids is 1. The van der Waals surface area contributed by atoms with Crippen molar-refractivity contribution in [1.82, 2.24) is 19.9 Å². The molecule has 0 radical (unpaired) electrons. The van der Waals surface area contributed by atoms with Gasteiger partial charge in [-0.1, -0.05) is 30.3 Å². The van der Waals surface area contributed by atoms with Crippen LogP contribution < -0.4 is 11.1 Å². The van der Waals surface area contributed by atoms with Gasteiger partial charge in [0.05, 0.1) is 18.1 Å². The summed E-state index contributed by atoms with van der Waals surface area (Å²) in [4.78, 5) is 26.0. The number of furan rings is 1. The first-order chi connectivity index (χ1) is 21.4. The van der Waals surface area contributed by atoms with Crippen LogP contribution in [-0.2, 0) is 6.54 Å². The van der Waals surface area contributed by atoms with E-state index in [9.17, 15) is 9.18 Å². The Labute approximate surface area is 251 Å². The van der Waals surface area contributed by atoms with E-state index in [0.717, 1.165) is 5.56 Å². The van der Waals surface area contributed by atoms with Crippen LogP contribution in [0.15, 0.2) is 131 Å². The largest absolute Gasteiger partial charge is 0.451 e. The molecule has 0 aliphatic rings. The number of nitrogens with two attached hydrogens (primary N) is 1. The Kier molecular flexibility index (Phi) is 8.04. The van der Waals surface area contributed by atoms with E-state index in [1.165, 1.54) is 18.2 Å². The molecule has 0 spiro atoms. The second kappa shape index (κ2) is 12.5. The predicted molar refractivity (Wildman–Crippen MR) is 163 cm³/mol. The van der Waals surface area contributed by atoms with Crippen molar-refractivity contribution in [3.05, 3.63) is 151 Å². The number of pyridine rings is 1. The highest BCUT2D eigenvalue weighted by molar-refractivity contribution is 5.97. The van der Waals surface area contributed by atoms with Crippen molar-refractivity contribution >= 4 is 17.4 Å². The smallest absolute Gasteiger partial charge is 0.287 e. The molecule has 44 heavy (non-hydrogen) atoms. The lowest BCUT2D eigenvalue weighted by Crippen LogP contribution is -2.31. The molecule has 3 aromatic carbocycles. The number of aromatic nitrogens is 3. The van der Waals surface area contributed by atoms with Gasteiger partial charge in [-0.05, 0) is 77.9 Å². The maximum Gasteiger partial charge on any atom is 0.287 e. The van der Waals surface area contributed by atoms with E-state index in [2.05, 4.69) is 20.3 Å². The van der Waals surface area contributed by atoms with E-state index in [1.807, 2.05) is 18.2 Å². The van der Waals surface area contributed by atoms with Gasteiger partial charge in [0.25, 0.3) is 5.91 Å². The molecule has 8 nitrogen and oxygen atoms in total. The second-order valence-corrected chi connectivity index (χ2v) is 9.95. The summed E-state index contributed by atoms with van der Waals surface area (Å²) in [6.45, 7) is 0.232. The fourth-order valence-electron chi connectivity index (χ4n) is 4.71. The van der Waals surface area contributed by atoms with Crippen molar-refractivity contribution in [1.29, 1.82) is 0 Å². The van der Waals surface area contributed by atoms with Gasteiger partial charge in [-0.3, -0.25) is 9.78 Å². The second-order valence-electron chi connectivity index (χ2n) is 9.95. The van der Waals surface area contributed by atoms with Crippen LogP contribution in [0.3, 0.4) is 0 Å². The molecular weight excluding hydrogens is 562 g/mol. The number of nitrogens with one attached hydrogen (secondary N) is 1. The Morgan fingerprint density at radius 1 is 0.909 bits per heavy atom. The standard InChI is InChI=1S/C34H26F2N6O2/c35-25-9-4-22(5-10-25)24-8-13-27(28(36)19-24)30(20-42-18-17-38-21-42)41-34(43)32-15-14-31(44-32)23-6-11-26(12-7-23)40-33(37)29-3-1-2-16-39-29/h1-19,21,30H,20H2,(H2,37,40)(H,41,43)/t30-/m0/s1. The summed E-state index contributed by atoms with van der Waals surface area (Å²) in [6, 6.07) is 25.7. The van der Waals surface area contributed by atoms with Gasteiger partial charge in [0, 0.05) is 36.3 Å². The van der Waals surface area contributed by atoms with Crippen LogP contribution in [0.2, 0.25) is 0 Å².